The minimum absolute atomic E-state index is 0.232. The molecule has 98 valence electrons. The van der Waals surface area contributed by atoms with Crippen LogP contribution in [0.25, 0.3) is 0 Å². The van der Waals surface area contributed by atoms with Crippen LogP contribution >= 0.6 is 0 Å². The van der Waals surface area contributed by atoms with Gasteiger partial charge in [-0.1, -0.05) is 12.1 Å². The lowest BCUT2D eigenvalue weighted by Crippen LogP contribution is -2.36. The lowest BCUT2D eigenvalue weighted by atomic mass is 10.1. The molecule has 0 saturated heterocycles. The summed E-state index contributed by atoms with van der Waals surface area (Å²) in [6.07, 6.45) is -0.795. The molecule has 0 saturated carbocycles. The van der Waals surface area contributed by atoms with Gasteiger partial charge in [-0.25, -0.2) is 4.79 Å². The Labute approximate surface area is 104 Å². The van der Waals surface area contributed by atoms with Crippen LogP contribution in [0, 0.1) is 0 Å². The first-order valence-electron chi connectivity index (χ1n) is 5.51. The molecule has 1 unspecified atom stereocenters. The van der Waals surface area contributed by atoms with E-state index in [0.29, 0.717) is 12.1 Å². The molecule has 6 heteroatoms. The van der Waals surface area contributed by atoms with Crippen molar-refractivity contribution in [2.24, 2.45) is 0 Å². The molecule has 6 nitrogen and oxygen atoms in total. The van der Waals surface area contributed by atoms with Crippen molar-refractivity contribution in [3.63, 3.8) is 0 Å². The van der Waals surface area contributed by atoms with Crippen molar-refractivity contribution in [3.8, 4) is 0 Å². The molecule has 1 rings (SSSR count). The van der Waals surface area contributed by atoms with Gasteiger partial charge in [0, 0.05) is 12.1 Å². The number of hydrogen-bond donors (Lipinski definition) is 4. The number of aryl methyl sites for hydroxylation is 1. The zero-order valence-electron chi connectivity index (χ0n) is 9.80. The minimum Gasteiger partial charge on any atom is -0.479 e. The van der Waals surface area contributed by atoms with Gasteiger partial charge in [0.25, 0.3) is 0 Å². The molecule has 1 aromatic carbocycles. The van der Waals surface area contributed by atoms with Gasteiger partial charge in [-0.15, -0.1) is 0 Å². The number of aliphatic hydroxyl groups is 1. The lowest BCUT2D eigenvalue weighted by Gasteiger charge is -2.07. The van der Waals surface area contributed by atoms with Gasteiger partial charge in [0.05, 0.1) is 6.54 Å². The largest absolute Gasteiger partial charge is 0.479 e. The smallest absolute Gasteiger partial charge is 0.334 e. The van der Waals surface area contributed by atoms with Gasteiger partial charge in [0.2, 0.25) is 5.91 Å². The average molecular weight is 252 g/mol. The number of aliphatic hydroxyl groups excluding tert-OH is 1. The number of nitrogen functional groups attached to an aromatic ring is 1. The standard InChI is InChI=1S/C12H16N2O4/c13-9-4-1-8(2-5-9)3-6-11(16)14-7-10(15)12(17)18/h1-2,4-5,10,15H,3,6-7,13H2,(H,14,16)(H,17,18). The molecule has 0 heterocycles. The third-order valence-corrected chi connectivity index (χ3v) is 2.40. The van der Waals surface area contributed by atoms with E-state index in [1.54, 1.807) is 12.1 Å². The molecule has 0 aliphatic rings. The Balaban J connectivity index is 2.29. The molecular weight excluding hydrogens is 236 g/mol. The lowest BCUT2D eigenvalue weighted by molar-refractivity contribution is -0.146. The normalized spacial score (nSPS) is 11.8. The van der Waals surface area contributed by atoms with E-state index in [1.807, 2.05) is 12.1 Å². The third-order valence-electron chi connectivity index (χ3n) is 2.40. The Morgan fingerprint density at radius 3 is 2.44 bits per heavy atom. The summed E-state index contributed by atoms with van der Waals surface area (Å²) in [5.74, 6) is -1.65. The average Bonchev–Trinajstić information content (AvgIpc) is 2.35. The van der Waals surface area contributed by atoms with Crippen LogP contribution in [0.4, 0.5) is 5.69 Å². The topological polar surface area (TPSA) is 113 Å². The van der Waals surface area contributed by atoms with Gasteiger partial charge in [0.15, 0.2) is 6.10 Å². The number of hydrogen-bond acceptors (Lipinski definition) is 4. The summed E-state index contributed by atoms with van der Waals surface area (Å²) in [7, 11) is 0. The molecule has 18 heavy (non-hydrogen) atoms. The third kappa shape index (κ3) is 4.84. The summed E-state index contributed by atoms with van der Waals surface area (Å²) in [5, 5.41) is 19.7. The fourth-order valence-corrected chi connectivity index (χ4v) is 1.33. The maximum atomic E-state index is 11.4. The zero-order chi connectivity index (χ0) is 13.5. The summed E-state index contributed by atoms with van der Waals surface area (Å²) < 4.78 is 0. The maximum absolute atomic E-state index is 11.4. The van der Waals surface area contributed by atoms with Crippen LogP contribution in [0.3, 0.4) is 0 Å². The Morgan fingerprint density at radius 2 is 1.89 bits per heavy atom. The number of carbonyl (C=O) groups is 2. The second kappa shape index (κ2) is 6.61. The number of carboxylic acids is 1. The number of anilines is 1. The first kappa shape index (κ1) is 14.0. The van der Waals surface area contributed by atoms with Gasteiger partial charge < -0.3 is 21.3 Å². The minimum atomic E-state index is -1.56. The summed E-state index contributed by atoms with van der Waals surface area (Å²) in [4.78, 5) is 21.7. The number of aliphatic carboxylic acids is 1. The SMILES string of the molecule is Nc1ccc(CCC(=O)NCC(O)C(=O)O)cc1. The molecule has 5 N–H and O–H groups in total. The second-order valence-electron chi connectivity index (χ2n) is 3.90. The summed E-state index contributed by atoms with van der Waals surface area (Å²) in [6.45, 7) is -0.282. The molecule has 0 aromatic heterocycles. The Kier molecular flexibility index (Phi) is 5.13. The maximum Gasteiger partial charge on any atom is 0.334 e. The molecule has 0 fully saturated rings. The molecule has 0 aliphatic carbocycles. The molecule has 1 amide bonds. The van der Waals surface area contributed by atoms with Gasteiger partial charge in [-0.05, 0) is 24.1 Å². The van der Waals surface area contributed by atoms with Crippen molar-refractivity contribution in [1.29, 1.82) is 0 Å². The number of nitrogens with one attached hydrogen (secondary N) is 1. The molecule has 1 atom stereocenters. The van der Waals surface area contributed by atoms with Crippen molar-refractivity contribution < 1.29 is 19.8 Å². The van der Waals surface area contributed by atoms with E-state index in [-0.39, 0.29) is 18.9 Å². The van der Waals surface area contributed by atoms with Crippen molar-refractivity contribution >= 4 is 17.6 Å². The Morgan fingerprint density at radius 1 is 1.28 bits per heavy atom. The van der Waals surface area contributed by atoms with Gasteiger partial charge in [0.1, 0.15) is 0 Å². The Bertz CT molecular complexity index is 417. The highest BCUT2D eigenvalue weighted by Gasteiger charge is 2.13. The van der Waals surface area contributed by atoms with Crippen molar-refractivity contribution in [1.82, 2.24) is 5.32 Å². The first-order valence-corrected chi connectivity index (χ1v) is 5.51. The van der Waals surface area contributed by atoms with Crippen LogP contribution in [0.2, 0.25) is 0 Å². The van der Waals surface area contributed by atoms with E-state index in [9.17, 15) is 9.59 Å². The predicted molar refractivity (Wildman–Crippen MR) is 65.8 cm³/mol. The van der Waals surface area contributed by atoms with Crippen LogP contribution in [0.1, 0.15) is 12.0 Å². The van der Waals surface area contributed by atoms with Crippen LogP contribution in [-0.2, 0) is 16.0 Å². The highest BCUT2D eigenvalue weighted by molar-refractivity contribution is 5.78. The molecule has 1 aromatic rings. The monoisotopic (exact) mass is 252 g/mol. The number of amides is 1. The van der Waals surface area contributed by atoms with Crippen LogP contribution in [-0.4, -0.2) is 34.7 Å². The predicted octanol–water partition coefficient (Wildman–Crippen LogP) is -0.237. The number of benzene rings is 1. The molecular formula is C12H16N2O4. The van der Waals surface area contributed by atoms with Gasteiger partial charge in [-0.3, -0.25) is 4.79 Å². The number of nitrogens with two attached hydrogens (primary N) is 1. The number of rotatable bonds is 6. The summed E-state index contributed by atoms with van der Waals surface area (Å²) in [5.41, 5.74) is 7.16. The summed E-state index contributed by atoms with van der Waals surface area (Å²) >= 11 is 0. The van der Waals surface area contributed by atoms with E-state index < -0.39 is 12.1 Å². The van der Waals surface area contributed by atoms with E-state index in [0.717, 1.165) is 5.56 Å². The quantitative estimate of drug-likeness (QED) is 0.522. The van der Waals surface area contributed by atoms with E-state index in [2.05, 4.69) is 5.32 Å². The molecule has 0 spiro atoms. The fourth-order valence-electron chi connectivity index (χ4n) is 1.33. The molecule has 0 radical (unpaired) electrons. The highest BCUT2D eigenvalue weighted by Crippen LogP contribution is 2.07. The van der Waals surface area contributed by atoms with Gasteiger partial charge in [-0.2, -0.15) is 0 Å². The van der Waals surface area contributed by atoms with Crippen molar-refractivity contribution in [2.45, 2.75) is 18.9 Å². The first-order chi connectivity index (χ1) is 8.49. The zero-order valence-corrected chi connectivity index (χ0v) is 9.80. The fraction of sp³-hybridized carbons (Fsp3) is 0.333. The second-order valence-corrected chi connectivity index (χ2v) is 3.90. The van der Waals surface area contributed by atoms with E-state index in [1.165, 1.54) is 0 Å². The molecule has 0 aliphatic heterocycles. The van der Waals surface area contributed by atoms with Gasteiger partial charge >= 0.3 is 5.97 Å². The van der Waals surface area contributed by atoms with E-state index in [4.69, 9.17) is 15.9 Å². The van der Waals surface area contributed by atoms with E-state index >= 15 is 0 Å². The van der Waals surface area contributed by atoms with Crippen molar-refractivity contribution in [2.75, 3.05) is 12.3 Å². The highest BCUT2D eigenvalue weighted by atomic mass is 16.4. The van der Waals surface area contributed by atoms with Crippen molar-refractivity contribution in [3.05, 3.63) is 29.8 Å². The Hall–Kier alpha value is -2.08. The number of carbonyl (C=O) groups excluding carboxylic acids is 1. The molecule has 0 bridgehead atoms. The summed E-state index contributed by atoms with van der Waals surface area (Å²) in [6, 6.07) is 7.16. The number of carboxylic acid groups (broad SMARTS) is 1. The van der Waals surface area contributed by atoms with Crippen LogP contribution in [0.15, 0.2) is 24.3 Å². The van der Waals surface area contributed by atoms with Crippen LogP contribution < -0.4 is 11.1 Å². The van der Waals surface area contributed by atoms with Crippen LogP contribution in [0.5, 0.6) is 0 Å².